The Hall–Kier alpha value is -7.04. The van der Waals surface area contributed by atoms with Crippen molar-refractivity contribution in [2.45, 2.75) is 13.3 Å². The Balaban J connectivity index is 0.993. The molecule has 0 N–H and O–H groups in total. The van der Waals surface area contributed by atoms with Crippen LogP contribution in [0.3, 0.4) is 0 Å². The predicted octanol–water partition coefficient (Wildman–Crippen LogP) is 14.8. The highest BCUT2D eigenvalue weighted by atomic mass is 16.3. The molecular formula is C51H38N2O2. The van der Waals surface area contributed by atoms with Crippen LogP contribution in [-0.2, 0) is 0 Å². The summed E-state index contributed by atoms with van der Waals surface area (Å²) >= 11 is 0. The summed E-state index contributed by atoms with van der Waals surface area (Å²) in [6.45, 7) is 2.25. The third-order valence-corrected chi connectivity index (χ3v) is 10.6. The van der Waals surface area contributed by atoms with Crippen molar-refractivity contribution in [1.82, 2.24) is 0 Å². The van der Waals surface area contributed by atoms with Gasteiger partial charge in [0.25, 0.3) is 0 Å². The average molecular weight is 711 g/mol. The lowest BCUT2D eigenvalue weighted by Gasteiger charge is -2.28. The predicted molar refractivity (Wildman–Crippen MR) is 229 cm³/mol. The number of rotatable bonds is 8. The monoisotopic (exact) mass is 710 g/mol. The number of para-hydroxylation sites is 3. The molecule has 0 bridgehead atoms. The molecule has 2 aromatic heterocycles. The van der Waals surface area contributed by atoms with Gasteiger partial charge in [-0.3, -0.25) is 0 Å². The lowest BCUT2D eigenvalue weighted by Crippen LogP contribution is -2.17. The van der Waals surface area contributed by atoms with Gasteiger partial charge < -0.3 is 18.6 Å². The van der Waals surface area contributed by atoms with Gasteiger partial charge >= 0.3 is 0 Å². The fourth-order valence-electron chi connectivity index (χ4n) is 7.77. The van der Waals surface area contributed by atoms with Crippen LogP contribution in [0, 0.1) is 5.92 Å². The minimum Gasteiger partial charge on any atom is -0.456 e. The Morgan fingerprint density at radius 2 is 1.00 bits per heavy atom. The van der Waals surface area contributed by atoms with E-state index in [1.165, 1.54) is 5.70 Å². The molecule has 0 aliphatic heterocycles. The fourth-order valence-corrected chi connectivity index (χ4v) is 7.77. The molecule has 1 aliphatic rings. The summed E-state index contributed by atoms with van der Waals surface area (Å²) in [7, 11) is 0. The summed E-state index contributed by atoms with van der Waals surface area (Å²) in [5, 5.41) is 4.27. The Morgan fingerprint density at radius 1 is 0.491 bits per heavy atom. The second-order valence-corrected chi connectivity index (χ2v) is 14.3. The Morgan fingerprint density at radius 3 is 1.58 bits per heavy atom. The van der Waals surface area contributed by atoms with Gasteiger partial charge in [0.1, 0.15) is 22.7 Å². The van der Waals surface area contributed by atoms with Crippen molar-refractivity contribution in [3.8, 4) is 22.6 Å². The maximum atomic E-state index is 6.74. The number of allylic oxidation sites excluding steroid dienone is 3. The number of nitrogens with zero attached hydrogens (tertiary/aromatic N) is 2. The molecule has 0 radical (unpaired) electrons. The molecule has 4 nitrogen and oxygen atoms in total. The first kappa shape index (κ1) is 32.6. The van der Waals surface area contributed by atoms with Crippen LogP contribution in [0.15, 0.2) is 209 Å². The maximum absolute atomic E-state index is 6.74. The molecule has 1 atom stereocenters. The zero-order valence-electron chi connectivity index (χ0n) is 30.5. The van der Waals surface area contributed by atoms with Crippen molar-refractivity contribution in [1.29, 1.82) is 0 Å². The Labute approximate surface area is 320 Å². The second-order valence-electron chi connectivity index (χ2n) is 14.3. The third kappa shape index (κ3) is 6.08. The molecule has 0 spiro atoms. The van der Waals surface area contributed by atoms with Crippen LogP contribution >= 0.6 is 0 Å². The molecule has 1 unspecified atom stereocenters. The smallest absolute Gasteiger partial charge is 0.143 e. The first-order chi connectivity index (χ1) is 27.2. The van der Waals surface area contributed by atoms with Crippen LogP contribution < -0.4 is 9.80 Å². The standard InChI is InChI=1S/C51H38N2O2/c1-35-17-26-43(27-18-35)53(42-15-9-4-10-16-42)45-30-23-37(24-31-45)49-34-46-47(54-49)32-25-38-19-20-39-33-48(55-51(39)50(38)46)36-21-28-44(29-22-36)52(40-11-5-2-6-12-40)41-13-7-3-8-14-41/h2-17,19-35H,18H2,1H3. The van der Waals surface area contributed by atoms with Crippen LogP contribution in [0.25, 0.3) is 55.4 Å². The van der Waals surface area contributed by atoms with Crippen molar-refractivity contribution in [3.63, 3.8) is 0 Å². The Kier molecular flexibility index (Phi) is 8.15. The zero-order valence-corrected chi connectivity index (χ0v) is 30.5. The minimum absolute atomic E-state index is 0.547. The number of benzene rings is 7. The summed E-state index contributed by atoms with van der Waals surface area (Å²) < 4.78 is 13.3. The molecule has 0 amide bonds. The third-order valence-electron chi connectivity index (χ3n) is 10.6. The van der Waals surface area contributed by atoms with E-state index in [0.717, 1.165) is 90.2 Å². The van der Waals surface area contributed by atoms with Crippen LogP contribution in [0.4, 0.5) is 28.4 Å². The quantitative estimate of drug-likeness (QED) is 0.157. The summed E-state index contributed by atoms with van der Waals surface area (Å²) in [4.78, 5) is 4.59. The van der Waals surface area contributed by atoms with Crippen LogP contribution in [0.1, 0.15) is 13.3 Å². The van der Waals surface area contributed by atoms with Gasteiger partial charge in [0, 0.05) is 61.4 Å². The molecule has 0 saturated carbocycles. The van der Waals surface area contributed by atoms with Gasteiger partial charge in [0.2, 0.25) is 0 Å². The molecule has 1 aliphatic carbocycles. The lowest BCUT2D eigenvalue weighted by atomic mass is 10.0. The lowest BCUT2D eigenvalue weighted by molar-refractivity contribution is 0.631. The van der Waals surface area contributed by atoms with E-state index in [4.69, 9.17) is 8.83 Å². The number of fused-ring (bicyclic) bond motifs is 5. The van der Waals surface area contributed by atoms with Gasteiger partial charge in [-0.15, -0.1) is 0 Å². The normalized spacial score (nSPS) is 14.1. The van der Waals surface area contributed by atoms with Gasteiger partial charge in [-0.1, -0.05) is 91.9 Å². The van der Waals surface area contributed by atoms with E-state index in [1.807, 2.05) is 12.1 Å². The molecule has 10 rings (SSSR count). The van der Waals surface area contributed by atoms with Crippen molar-refractivity contribution < 1.29 is 8.83 Å². The van der Waals surface area contributed by atoms with Gasteiger partial charge in [-0.2, -0.15) is 0 Å². The average Bonchev–Trinajstić information content (AvgIpc) is 3.89. The van der Waals surface area contributed by atoms with Crippen molar-refractivity contribution >= 4 is 61.1 Å². The van der Waals surface area contributed by atoms with E-state index in [2.05, 4.69) is 199 Å². The maximum Gasteiger partial charge on any atom is 0.143 e. The second kappa shape index (κ2) is 13.7. The molecule has 4 heteroatoms. The Bertz CT molecular complexity index is 2790. The molecule has 9 aromatic rings. The summed E-state index contributed by atoms with van der Waals surface area (Å²) in [6, 6.07) is 61.6. The fraction of sp³-hybridized carbons (Fsp3) is 0.0588. The van der Waals surface area contributed by atoms with E-state index in [0.29, 0.717) is 5.92 Å². The van der Waals surface area contributed by atoms with E-state index < -0.39 is 0 Å². The number of anilines is 5. The number of hydrogen-bond donors (Lipinski definition) is 0. The first-order valence-electron chi connectivity index (χ1n) is 18.9. The van der Waals surface area contributed by atoms with Gasteiger partial charge in [0.15, 0.2) is 0 Å². The highest BCUT2D eigenvalue weighted by molar-refractivity contribution is 6.18. The SMILES string of the molecule is CC1C=CC(N(c2ccccc2)c2ccc(-c3cc4c(ccc5ccc6cc(-c7ccc(N(c8ccccc8)c8ccccc8)cc7)oc6c54)o3)cc2)=CC1. The molecular weight excluding hydrogens is 673 g/mol. The molecule has 7 aromatic carbocycles. The highest BCUT2D eigenvalue weighted by Crippen LogP contribution is 2.41. The zero-order chi connectivity index (χ0) is 36.7. The van der Waals surface area contributed by atoms with E-state index in [1.54, 1.807) is 0 Å². The van der Waals surface area contributed by atoms with E-state index in [9.17, 15) is 0 Å². The summed E-state index contributed by atoms with van der Waals surface area (Å²) in [5.41, 5.74) is 10.5. The van der Waals surface area contributed by atoms with Crippen LogP contribution in [0.5, 0.6) is 0 Å². The first-order valence-corrected chi connectivity index (χ1v) is 18.9. The number of hydrogen-bond acceptors (Lipinski definition) is 4. The molecule has 0 fully saturated rings. The summed E-state index contributed by atoms with van der Waals surface area (Å²) in [5.74, 6) is 2.20. The van der Waals surface area contributed by atoms with Crippen LogP contribution in [-0.4, -0.2) is 0 Å². The molecule has 0 saturated heterocycles. The molecule has 264 valence electrons. The largest absolute Gasteiger partial charge is 0.456 e. The molecule has 55 heavy (non-hydrogen) atoms. The van der Waals surface area contributed by atoms with Gasteiger partial charge in [0.05, 0.1) is 0 Å². The van der Waals surface area contributed by atoms with Crippen LogP contribution in [0.2, 0.25) is 0 Å². The van der Waals surface area contributed by atoms with Crippen molar-refractivity contribution in [2.24, 2.45) is 5.92 Å². The molecule has 2 heterocycles. The van der Waals surface area contributed by atoms with E-state index in [-0.39, 0.29) is 0 Å². The van der Waals surface area contributed by atoms with Crippen molar-refractivity contribution in [3.05, 3.63) is 200 Å². The summed E-state index contributed by atoms with van der Waals surface area (Å²) in [6.07, 6.45) is 7.89. The van der Waals surface area contributed by atoms with E-state index >= 15 is 0 Å². The highest BCUT2D eigenvalue weighted by Gasteiger charge is 2.19. The van der Waals surface area contributed by atoms with Gasteiger partial charge in [-0.25, -0.2) is 0 Å². The van der Waals surface area contributed by atoms with Gasteiger partial charge in [-0.05, 0) is 127 Å². The van der Waals surface area contributed by atoms with Crippen molar-refractivity contribution in [2.75, 3.05) is 9.80 Å². The topological polar surface area (TPSA) is 32.8 Å². The minimum atomic E-state index is 0.547. The number of furan rings is 2.